The van der Waals surface area contributed by atoms with E-state index in [-0.39, 0.29) is 6.10 Å². The molecular weight excluding hydrogens is 366 g/mol. The molecule has 1 aromatic carbocycles. The Hall–Kier alpha value is -2.86. The van der Waals surface area contributed by atoms with Crippen LogP contribution in [0.25, 0.3) is 10.9 Å². The van der Waals surface area contributed by atoms with E-state index in [1.807, 2.05) is 30.3 Å². The topological polar surface area (TPSA) is 56.7 Å². The highest BCUT2D eigenvalue weighted by atomic mass is 16.5. The number of nitrogens with zero attached hydrogens (tertiary/aromatic N) is 3. The standard InChI is InChI=1S/C23H27N3O3/c1-16-14-21(25-23-20(28-3)8-7-19(27-2)22(16)23)26-12-9-18(10-13-26)29-15-17-6-4-5-11-24-17/h4-8,11,14,18H,9-10,12-13,15H2,1-3H3. The molecule has 1 fully saturated rings. The molecule has 29 heavy (non-hydrogen) atoms. The van der Waals surface area contributed by atoms with Gasteiger partial charge in [-0.25, -0.2) is 4.98 Å². The summed E-state index contributed by atoms with van der Waals surface area (Å²) in [4.78, 5) is 11.6. The molecule has 1 aliphatic rings. The summed E-state index contributed by atoms with van der Waals surface area (Å²) < 4.78 is 17.2. The van der Waals surface area contributed by atoms with Gasteiger partial charge in [-0.3, -0.25) is 4.98 Å². The van der Waals surface area contributed by atoms with Gasteiger partial charge in [-0.15, -0.1) is 0 Å². The third-order valence-corrected chi connectivity index (χ3v) is 5.47. The van der Waals surface area contributed by atoms with Crippen LogP contribution in [0.15, 0.2) is 42.6 Å². The van der Waals surface area contributed by atoms with Gasteiger partial charge in [-0.2, -0.15) is 0 Å². The lowest BCUT2D eigenvalue weighted by atomic mass is 10.1. The number of ether oxygens (including phenoxy) is 3. The number of aryl methyl sites for hydroxylation is 1. The molecule has 1 saturated heterocycles. The normalized spacial score (nSPS) is 14.9. The molecule has 3 aromatic rings. The maximum atomic E-state index is 6.07. The van der Waals surface area contributed by atoms with Crippen molar-refractivity contribution >= 4 is 16.7 Å². The van der Waals surface area contributed by atoms with Crippen molar-refractivity contribution in [2.75, 3.05) is 32.2 Å². The highest BCUT2D eigenvalue weighted by Gasteiger charge is 2.22. The SMILES string of the molecule is COc1ccc(OC)c2c(C)cc(N3CCC(OCc4ccccn4)CC3)nc12. The van der Waals surface area contributed by atoms with Gasteiger partial charge < -0.3 is 19.1 Å². The van der Waals surface area contributed by atoms with Crippen LogP contribution >= 0.6 is 0 Å². The Morgan fingerprint density at radius 2 is 1.79 bits per heavy atom. The number of piperidine rings is 1. The molecule has 0 spiro atoms. The molecule has 6 heteroatoms. The number of aromatic nitrogens is 2. The predicted molar refractivity (Wildman–Crippen MR) is 114 cm³/mol. The zero-order valence-corrected chi connectivity index (χ0v) is 17.2. The largest absolute Gasteiger partial charge is 0.496 e. The van der Waals surface area contributed by atoms with E-state index >= 15 is 0 Å². The molecule has 0 aliphatic carbocycles. The van der Waals surface area contributed by atoms with Gasteiger partial charge in [0.05, 0.1) is 32.6 Å². The predicted octanol–water partition coefficient (Wildman–Crippen LogP) is 4.14. The van der Waals surface area contributed by atoms with Crippen molar-refractivity contribution in [1.82, 2.24) is 9.97 Å². The Morgan fingerprint density at radius 3 is 2.48 bits per heavy atom. The van der Waals surface area contributed by atoms with E-state index < -0.39 is 0 Å². The summed E-state index contributed by atoms with van der Waals surface area (Å²) in [5, 5.41) is 1.00. The number of rotatable bonds is 6. The zero-order valence-electron chi connectivity index (χ0n) is 17.2. The Bertz CT molecular complexity index is 970. The summed E-state index contributed by atoms with van der Waals surface area (Å²) in [5.41, 5.74) is 2.95. The van der Waals surface area contributed by atoms with Crippen LogP contribution in [0.1, 0.15) is 24.1 Å². The van der Waals surface area contributed by atoms with Gasteiger partial charge in [0.1, 0.15) is 22.8 Å². The maximum absolute atomic E-state index is 6.07. The van der Waals surface area contributed by atoms with Crippen molar-refractivity contribution in [2.45, 2.75) is 32.5 Å². The molecule has 0 amide bonds. The average molecular weight is 393 g/mol. The molecule has 0 radical (unpaired) electrons. The van der Waals surface area contributed by atoms with Crippen molar-refractivity contribution < 1.29 is 14.2 Å². The number of hydrogen-bond acceptors (Lipinski definition) is 6. The Labute approximate surface area is 171 Å². The maximum Gasteiger partial charge on any atom is 0.145 e. The van der Waals surface area contributed by atoms with Gasteiger partial charge in [-0.05, 0) is 55.7 Å². The number of pyridine rings is 2. The van der Waals surface area contributed by atoms with Gasteiger partial charge in [-0.1, -0.05) is 6.07 Å². The highest BCUT2D eigenvalue weighted by Crippen LogP contribution is 2.36. The first kappa shape index (κ1) is 19.5. The third-order valence-electron chi connectivity index (χ3n) is 5.47. The van der Waals surface area contributed by atoms with Gasteiger partial charge in [0, 0.05) is 24.7 Å². The Kier molecular flexibility index (Phi) is 5.81. The summed E-state index contributed by atoms with van der Waals surface area (Å²) in [6.45, 7) is 4.49. The lowest BCUT2D eigenvalue weighted by molar-refractivity contribution is 0.0234. The summed E-state index contributed by atoms with van der Waals surface area (Å²) in [5.74, 6) is 2.56. The first-order valence-electron chi connectivity index (χ1n) is 9.98. The molecule has 4 rings (SSSR count). The number of methoxy groups -OCH3 is 2. The van der Waals surface area contributed by atoms with E-state index in [2.05, 4.69) is 22.9 Å². The molecule has 3 heterocycles. The monoisotopic (exact) mass is 393 g/mol. The lowest BCUT2D eigenvalue weighted by Crippen LogP contribution is -2.37. The van der Waals surface area contributed by atoms with Crippen LogP contribution in [0, 0.1) is 6.92 Å². The second-order valence-corrected chi connectivity index (χ2v) is 7.31. The third kappa shape index (κ3) is 4.12. The second kappa shape index (κ2) is 8.66. The van der Waals surface area contributed by atoms with Crippen molar-refractivity contribution in [1.29, 1.82) is 0 Å². The second-order valence-electron chi connectivity index (χ2n) is 7.31. The van der Waals surface area contributed by atoms with Gasteiger partial charge >= 0.3 is 0 Å². The number of fused-ring (bicyclic) bond motifs is 1. The zero-order chi connectivity index (χ0) is 20.2. The molecule has 0 unspecified atom stereocenters. The van der Waals surface area contributed by atoms with E-state index in [0.717, 1.165) is 65.4 Å². The van der Waals surface area contributed by atoms with Crippen LogP contribution in [0.4, 0.5) is 5.82 Å². The summed E-state index contributed by atoms with van der Waals surface area (Å²) >= 11 is 0. The molecule has 0 saturated carbocycles. The van der Waals surface area contributed by atoms with Crippen LogP contribution in [0.2, 0.25) is 0 Å². The first-order chi connectivity index (χ1) is 14.2. The molecule has 2 aromatic heterocycles. The minimum absolute atomic E-state index is 0.254. The van der Waals surface area contributed by atoms with E-state index in [0.29, 0.717) is 6.61 Å². The number of anilines is 1. The smallest absolute Gasteiger partial charge is 0.145 e. The fourth-order valence-corrected chi connectivity index (χ4v) is 3.89. The van der Waals surface area contributed by atoms with E-state index in [4.69, 9.17) is 19.2 Å². The molecule has 6 nitrogen and oxygen atoms in total. The van der Waals surface area contributed by atoms with E-state index in [9.17, 15) is 0 Å². The van der Waals surface area contributed by atoms with Crippen LogP contribution in [-0.2, 0) is 11.3 Å². The van der Waals surface area contributed by atoms with E-state index in [1.165, 1.54) is 0 Å². The number of hydrogen-bond donors (Lipinski definition) is 0. The molecule has 0 atom stereocenters. The van der Waals surface area contributed by atoms with E-state index in [1.54, 1.807) is 20.4 Å². The lowest BCUT2D eigenvalue weighted by Gasteiger charge is -2.33. The van der Waals surface area contributed by atoms with Crippen molar-refractivity contribution in [3.8, 4) is 11.5 Å². The average Bonchev–Trinajstić information content (AvgIpc) is 2.78. The molecule has 0 bridgehead atoms. The van der Waals surface area contributed by atoms with Crippen LogP contribution in [0.5, 0.6) is 11.5 Å². The molecular formula is C23H27N3O3. The van der Waals surface area contributed by atoms with Crippen molar-refractivity contribution in [3.63, 3.8) is 0 Å². The van der Waals surface area contributed by atoms with Crippen LogP contribution in [0.3, 0.4) is 0 Å². The van der Waals surface area contributed by atoms with Crippen molar-refractivity contribution in [2.24, 2.45) is 0 Å². The van der Waals surface area contributed by atoms with Gasteiger partial charge in [0.15, 0.2) is 0 Å². The summed E-state index contributed by atoms with van der Waals surface area (Å²) in [7, 11) is 3.36. The quantitative estimate of drug-likeness (QED) is 0.627. The van der Waals surface area contributed by atoms with Gasteiger partial charge in [0.25, 0.3) is 0 Å². The molecule has 1 aliphatic heterocycles. The fraction of sp³-hybridized carbons (Fsp3) is 0.391. The molecule has 152 valence electrons. The minimum Gasteiger partial charge on any atom is -0.496 e. The van der Waals surface area contributed by atoms with Crippen LogP contribution < -0.4 is 14.4 Å². The summed E-state index contributed by atoms with van der Waals surface area (Å²) in [6, 6.07) is 11.9. The first-order valence-corrected chi connectivity index (χ1v) is 9.98. The van der Waals surface area contributed by atoms with Crippen molar-refractivity contribution in [3.05, 3.63) is 53.9 Å². The van der Waals surface area contributed by atoms with Gasteiger partial charge in [0.2, 0.25) is 0 Å². The van der Waals surface area contributed by atoms with Crippen LogP contribution in [-0.4, -0.2) is 43.4 Å². The molecule has 0 N–H and O–H groups in total. The number of benzene rings is 1. The Balaban J connectivity index is 1.48. The summed E-state index contributed by atoms with van der Waals surface area (Å²) in [6.07, 6.45) is 4.00. The Morgan fingerprint density at radius 1 is 1.03 bits per heavy atom. The fourth-order valence-electron chi connectivity index (χ4n) is 3.89. The highest BCUT2D eigenvalue weighted by molar-refractivity contribution is 5.94. The minimum atomic E-state index is 0.254.